The molecule has 0 saturated heterocycles. The number of carbonyl (C=O) groups excluding carboxylic acids is 1. The molecule has 0 aromatic heterocycles. The van der Waals surface area contributed by atoms with Crippen LogP contribution in [0.25, 0.3) is 0 Å². The summed E-state index contributed by atoms with van der Waals surface area (Å²) in [5.74, 6) is 0.477. The molecule has 1 fully saturated rings. The van der Waals surface area contributed by atoms with Crippen molar-refractivity contribution < 1.29 is 9.53 Å². The minimum Gasteiger partial charge on any atom is -0.453 e. The highest BCUT2D eigenvalue weighted by atomic mass is 16.5. The number of ether oxygens (including phenoxy) is 1. The van der Waals surface area contributed by atoms with Crippen LogP contribution in [0.1, 0.15) is 26.7 Å². The lowest BCUT2D eigenvalue weighted by Gasteiger charge is -2.42. The van der Waals surface area contributed by atoms with Gasteiger partial charge in [0.2, 0.25) is 0 Å². The van der Waals surface area contributed by atoms with Crippen molar-refractivity contribution in [2.45, 2.75) is 38.8 Å². The molecule has 1 amide bonds. The molecule has 4 nitrogen and oxygen atoms in total. The molecule has 0 spiro atoms. The van der Waals surface area contributed by atoms with Crippen molar-refractivity contribution in [2.75, 3.05) is 7.11 Å². The number of carbonyl (C=O) groups is 1. The first-order valence-corrected chi connectivity index (χ1v) is 4.87. The standard InChI is InChI=1S/C10H16N2O2/c1-7-4-5-9(7)12(8(2)6-11)10(13)14-3/h7-9H,4-5H2,1-3H3. The minimum absolute atomic E-state index is 0.178. The Morgan fingerprint density at radius 2 is 2.29 bits per heavy atom. The van der Waals surface area contributed by atoms with Gasteiger partial charge in [-0.05, 0) is 25.7 Å². The number of nitrogens with zero attached hydrogens (tertiary/aromatic N) is 2. The van der Waals surface area contributed by atoms with Crippen molar-refractivity contribution in [3.8, 4) is 6.07 Å². The van der Waals surface area contributed by atoms with E-state index in [1.807, 2.05) is 0 Å². The van der Waals surface area contributed by atoms with E-state index in [1.54, 1.807) is 11.8 Å². The maximum Gasteiger partial charge on any atom is 0.410 e. The zero-order valence-corrected chi connectivity index (χ0v) is 8.86. The van der Waals surface area contributed by atoms with Crippen molar-refractivity contribution in [2.24, 2.45) is 5.92 Å². The van der Waals surface area contributed by atoms with Gasteiger partial charge >= 0.3 is 6.09 Å². The maximum atomic E-state index is 11.4. The van der Waals surface area contributed by atoms with Crippen LogP contribution >= 0.6 is 0 Å². The fourth-order valence-electron chi connectivity index (χ4n) is 1.81. The molecule has 78 valence electrons. The van der Waals surface area contributed by atoms with Crippen LogP contribution in [0.15, 0.2) is 0 Å². The van der Waals surface area contributed by atoms with Gasteiger partial charge in [0.25, 0.3) is 0 Å². The minimum atomic E-state index is -0.407. The first kappa shape index (κ1) is 10.8. The van der Waals surface area contributed by atoms with Crippen LogP contribution in [-0.2, 0) is 4.74 Å². The number of rotatable bonds is 2. The number of hydrogen-bond donors (Lipinski definition) is 0. The van der Waals surface area contributed by atoms with Gasteiger partial charge in [-0.2, -0.15) is 5.26 Å². The molecule has 3 atom stereocenters. The lowest BCUT2D eigenvalue weighted by atomic mass is 9.79. The molecule has 0 radical (unpaired) electrons. The predicted octanol–water partition coefficient (Wildman–Crippen LogP) is 1.77. The molecule has 0 bridgehead atoms. The summed E-state index contributed by atoms with van der Waals surface area (Å²) < 4.78 is 4.68. The first-order chi connectivity index (χ1) is 6.61. The molecule has 3 unspecified atom stereocenters. The van der Waals surface area contributed by atoms with E-state index in [0.29, 0.717) is 5.92 Å². The third kappa shape index (κ3) is 1.82. The summed E-state index contributed by atoms with van der Waals surface area (Å²) in [6, 6.07) is 1.85. The van der Waals surface area contributed by atoms with Crippen LogP contribution in [0, 0.1) is 17.2 Å². The number of nitriles is 1. The Morgan fingerprint density at radius 1 is 1.64 bits per heavy atom. The molecule has 0 heterocycles. The molecule has 1 rings (SSSR count). The molecule has 0 aliphatic heterocycles. The summed E-state index contributed by atoms with van der Waals surface area (Å²) in [6.45, 7) is 3.82. The van der Waals surface area contributed by atoms with E-state index in [1.165, 1.54) is 7.11 Å². The van der Waals surface area contributed by atoms with E-state index >= 15 is 0 Å². The van der Waals surface area contributed by atoms with E-state index in [9.17, 15) is 4.79 Å². The molecule has 0 aromatic carbocycles. The Morgan fingerprint density at radius 3 is 2.57 bits per heavy atom. The summed E-state index contributed by atoms with van der Waals surface area (Å²) in [7, 11) is 1.35. The molecule has 0 N–H and O–H groups in total. The van der Waals surface area contributed by atoms with Crippen molar-refractivity contribution in [1.29, 1.82) is 5.26 Å². The Labute approximate surface area is 84.4 Å². The Hall–Kier alpha value is -1.24. The fourth-order valence-corrected chi connectivity index (χ4v) is 1.81. The average Bonchev–Trinajstić information content (AvgIpc) is 2.21. The number of hydrogen-bond acceptors (Lipinski definition) is 3. The number of methoxy groups -OCH3 is 1. The van der Waals surface area contributed by atoms with Crippen molar-refractivity contribution in [3.05, 3.63) is 0 Å². The van der Waals surface area contributed by atoms with Gasteiger partial charge in [0.15, 0.2) is 0 Å². The van der Waals surface area contributed by atoms with Gasteiger partial charge in [-0.1, -0.05) is 6.92 Å². The molecule has 14 heavy (non-hydrogen) atoms. The quantitative estimate of drug-likeness (QED) is 0.676. The highest BCUT2D eigenvalue weighted by Gasteiger charge is 2.38. The second-order valence-electron chi connectivity index (χ2n) is 3.80. The zero-order valence-electron chi connectivity index (χ0n) is 8.86. The summed E-state index contributed by atoms with van der Waals surface area (Å²) in [4.78, 5) is 13.0. The lowest BCUT2D eigenvalue weighted by molar-refractivity contribution is 0.0445. The Kier molecular flexibility index (Phi) is 3.34. The van der Waals surface area contributed by atoms with Gasteiger partial charge in [0.1, 0.15) is 6.04 Å². The SMILES string of the molecule is COC(=O)N(C(C)C#N)C1CCC1C. The second kappa shape index (κ2) is 4.32. The van der Waals surface area contributed by atoms with Crippen LogP contribution in [0.3, 0.4) is 0 Å². The van der Waals surface area contributed by atoms with E-state index in [-0.39, 0.29) is 6.04 Å². The zero-order chi connectivity index (χ0) is 10.7. The van der Waals surface area contributed by atoms with Gasteiger partial charge < -0.3 is 4.74 Å². The predicted molar refractivity (Wildman–Crippen MR) is 51.5 cm³/mol. The van der Waals surface area contributed by atoms with Crippen molar-refractivity contribution >= 4 is 6.09 Å². The van der Waals surface area contributed by atoms with E-state index < -0.39 is 12.1 Å². The smallest absolute Gasteiger partial charge is 0.410 e. The van der Waals surface area contributed by atoms with E-state index in [4.69, 9.17) is 5.26 Å². The molecular weight excluding hydrogens is 180 g/mol. The summed E-state index contributed by atoms with van der Waals surface area (Å²) in [6.07, 6.45) is 1.70. The van der Waals surface area contributed by atoms with Gasteiger partial charge in [0.05, 0.1) is 13.2 Å². The molecular formula is C10H16N2O2. The topological polar surface area (TPSA) is 53.3 Å². The fraction of sp³-hybridized carbons (Fsp3) is 0.800. The second-order valence-corrected chi connectivity index (χ2v) is 3.80. The number of amides is 1. The van der Waals surface area contributed by atoms with Gasteiger partial charge in [-0.25, -0.2) is 4.79 Å². The van der Waals surface area contributed by atoms with Gasteiger partial charge in [-0.3, -0.25) is 4.90 Å². The lowest BCUT2D eigenvalue weighted by Crippen LogP contribution is -2.52. The van der Waals surface area contributed by atoms with Crippen LogP contribution in [0.4, 0.5) is 4.79 Å². The van der Waals surface area contributed by atoms with Crippen LogP contribution in [0.5, 0.6) is 0 Å². The average molecular weight is 196 g/mol. The molecule has 1 saturated carbocycles. The highest BCUT2D eigenvalue weighted by molar-refractivity contribution is 5.69. The summed E-state index contributed by atoms with van der Waals surface area (Å²) in [5, 5.41) is 8.80. The Bertz CT molecular complexity index is 259. The molecule has 1 aliphatic carbocycles. The summed E-state index contributed by atoms with van der Waals surface area (Å²) in [5.41, 5.74) is 0. The van der Waals surface area contributed by atoms with Crippen molar-refractivity contribution in [3.63, 3.8) is 0 Å². The van der Waals surface area contributed by atoms with Gasteiger partial charge in [-0.15, -0.1) is 0 Å². The van der Waals surface area contributed by atoms with Crippen LogP contribution < -0.4 is 0 Å². The van der Waals surface area contributed by atoms with E-state index in [2.05, 4.69) is 17.7 Å². The third-order valence-electron chi connectivity index (χ3n) is 2.92. The Balaban J connectivity index is 2.72. The summed E-state index contributed by atoms with van der Waals surface area (Å²) >= 11 is 0. The maximum absolute atomic E-state index is 11.4. The first-order valence-electron chi connectivity index (χ1n) is 4.87. The molecule has 4 heteroatoms. The van der Waals surface area contributed by atoms with Crippen LogP contribution in [0.2, 0.25) is 0 Å². The molecule has 0 aromatic rings. The van der Waals surface area contributed by atoms with Crippen LogP contribution in [-0.4, -0.2) is 30.2 Å². The normalized spacial score (nSPS) is 27.0. The highest BCUT2D eigenvalue weighted by Crippen LogP contribution is 2.33. The monoisotopic (exact) mass is 196 g/mol. The largest absolute Gasteiger partial charge is 0.453 e. The van der Waals surface area contributed by atoms with Gasteiger partial charge in [0, 0.05) is 6.04 Å². The molecule has 1 aliphatic rings. The van der Waals surface area contributed by atoms with Crippen molar-refractivity contribution in [1.82, 2.24) is 4.90 Å². The van der Waals surface area contributed by atoms with E-state index in [0.717, 1.165) is 12.8 Å². The third-order valence-corrected chi connectivity index (χ3v) is 2.92.